The van der Waals surface area contributed by atoms with Gasteiger partial charge in [0.25, 0.3) is 0 Å². The van der Waals surface area contributed by atoms with Crippen molar-refractivity contribution in [3.63, 3.8) is 0 Å². The second kappa shape index (κ2) is 16.6. The number of Topliss-reactive ketones (excluding diaryl/α,β-unsaturated/α-hetero) is 2. The minimum atomic E-state index is -1.89. The molecular formula is C46H58NO10Y-. The van der Waals surface area contributed by atoms with Gasteiger partial charge in [-0.25, -0.2) is 15.2 Å². The van der Waals surface area contributed by atoms with Gasteiger partial charge < -0.3 is 34.2 Å². The third-order valence-electron chi connectivity index (χ3n) is 13.6. The summed E-state index contributed by atoms with van der Waals surface area (Å²) in [5.41, 5.74) is -4.17. The standard InChI is InChI=1S/C46H58NO10.Y/c1-26-21-36-45(25-54-36,56-29(4)48)38-39(55-40(51)31-19-15-12-16-20-31)46(53)24-32(27(2)33(43(46,8)9)23-35(50)44(26,38)10)22-34(49)28(3)37(30-17-13-11-14-18-30)47-41(52)57-42(5,6)7;/h11-20,23,26,28,32,36-39,53H,21-22,24-25H2,1-10H3,(H,47,52);/q-1;/t26-,28-,32-,36+,37+,38-,39-,44-,45-,46+;/m0./s1. The van der Waals surface area contributed by atoms with Crippen molar-refractivity contribution >= 4 is 29.6 Å². The number of esters is 2. The zero-order valence-corrected chi connectivity index (χ0v) is 38.3. The first-order valence-corrected chi connectivity index (χ1v) is 20.0. The Morgan fingerprint density at radius 3 is 2.17 bits per heavy atom. The van der Waals surface area contributed by atoms with Gasteiger partial charge in [0.05, 0.1) is 29.9 Å². The fourth-order valence-electron chi connectivity index (χ4n) is 10.1. The van der Waals surface area contributed by atoms with Crippen LogP contribution >= 0.6 is 0 Å². The van der Waals surface area contributed by atoms with Crippen LogP contribution in [0.5, 0.6) is 0 Å². The molecule has 2 aromatic rings. The molecule has 1 radical (unpaired) electrons. The van der Waals surface area contributed by atoms with Crippen molar-refractivity contribution in [1.29, 1.82) is 0 Å². The average Bonchev–Trinajstić information content (AvgIpc) is 3.13. The molecule has 2 aromatic carbocycles. The smallest absolute Gasteiger partial charge is 0.408 e. The van der Waals surface area contributed by atoms with Gasteiger partial charge >= 0.3 is 18.0 Å². The Morgan fingerprint density at radius 1 is 1.02 bits per heavy atom. The number of rotatable bonds is 9. The molecule has 1 aliphatic heterocycles. The van der Waals surface area contributed by atoms with E-state index in [4.69, 9.17) is 18.9 Å². The van der Waals surface area contributed by atoms with E-state index in [0.717, 1.165) is 11.1 Å². The van der Waals surface area contributed by atoms with E-state index in [1.807, 2.05) is 65.0 Å². The van der Waals surface area contributed by atoms with E-state index in [-0.39, 0.29) is 75.2 Å². The van der Waals surface area contributed by atoms with Gasteiger partial charge in [-0.3, -0.25) is 9.59 Å². The van der Waals surface area contributed by atoms with Crippen molar-refractivity contribution in [2.45, 2.75) is 124 Å². The van der Waals surface area contributed by atoms with Gasteiger partial charge in [-0.15, -0.1) is 6.92 Å². The number of carbonyl (C=O) groups excluding carboxylic acids is 5. The predicted octanol–water partition coefficient (Wildman–Crippen LogP) is 7.31. The quantitative estimate of drug-likeness (QED) is 0.149. The molecule has 1 saturated heterocycles. The molecule has 12 heteroatoms. The van der Waals surface area contributed by atoms with Crippen LogP contribution in [0.25, 0.3) is 0 Å². The van der Waals surface area contributed by atoms with Crippen LogP contribution in [0.15, 0.2) is 71.8 Å². The number of hydrogen-bond donors (Lipinski definition) is 2. The maximum Gasteiger partial charge on any atom is 0.408 e. The van der Waals surface area contributed by atoms with E-state index in [2.05, 4.69) is 5.32 Å². The molecule has 3 aliphatic carbocycles. The van der Waals surface area contributed by atoms with Crippen LogP contribution < -0.4 is 5.32 Å². The first-order valence-electron chi connectivity index (χ1n) is 20.0. The van der Waals surface area contributed by atoms with E-state index in [1.54, 1.807) is 64.4 Å². The normalized spacial score (nSPS) is 32.1. The number of benzene rings is 2. The summed E-state index contributed by atoms with van der Waals surface area (Å²) >= 11 is 0. The van der Waals surface area contributed by atoms with Gasteiger partial charge in [-0.1, -0.05) is 89.1 Å². The van der Waals surface area contributed by atoms with Crippen LogP contribution in [0.4, 0.5) is 4.79 Å². The maximum absolute atomic E-state index is 15.0. The van der Waals surface area contributed by atoms with Crippen molar-refractivity contribution in [2.24, 2.45) is 34.5 Å². The molecule has 0 unspecified atom stereocenters. The van der Waals surface area contributed by atoms with Crippen LogP contribution in [-0.2, 0) is 66.0 Å². The molecule has 2 N–H and O–H groups in total. The molecule has 2 bridgehead atoms. The van der Waals surface area contributed by atoms with Crippen LogP contribution in [0.1, 0.15) is 110 Å². The number of carbonyl (C=O) groups is 5. The summed E-state index contributed by atoms with van der Waals surface area (Å²) in [5, 5.41) is 16.6. The van der Waals surface area contributed by atoms with E-state index in [9.17, 15) is 24.3 Å². The maximum atomic E-state index is 15.0. The van der Waals surface area contributed by atoms with E-state index >= 15 is 4.79 Å². The Morgan fingerprint density at radius 2 is 1.62 bits per heavy atom. The molecule has 1 amide bonds. The molecule has 0 spiro atoms. The van der Waals surface area contributed by atoms with Gasteiger partial charge in [0.2, 0.25) is 0 Å². The van der Waals surface area contributed by atoms with Crippen molar-refractivity contribution in [1.82, 2.24) is 5.32 Å². The summed E-state index contributed by atoms with van der Waals surface area (Å²) in [4.78, 5) is 69.8. The first-order chi connectivity index (χ1) is 26.6. The Kier molecular flexibility index (Phi) is 13.1. The van der Waals surface area contributed by atoms with E-state index < -0.39 is 81.7 Å². The summed E-state index contributed by atoms with van der Waals surface area (Å²) in [6.45, 7) is 17.6. The number of alkyl carbamates (subject to hydrolysis) is 1. The van der Waals surface area contributed by atoms with Crippen LogP contribution in [0.2, 0.25) is 0 Å². The molecule has 2 saturated carbocycles. The monoisotopic (exact) mass is 873 g/mol. The van der Waals surface area contributed by atoms with Crippen molar-refractivity contribution in [3.05, 3.63) is 89.4 Å². The summed E-state index contributed by atoms with van der Waals surface area (Å²) in [7, 11) is 0. The third-order valence-corrected chi connectivity index (χ3v) is 13.6. The van der Waals surface area contributed by atoms with Crippen molar-refractivity contribution in [2.75, 3.05) is 6.61 Å². The second-order valence-corrected chi connectivity index (χ2v) is 18.5. The molecule has 10 atom stereocenters. The third kappa shape index (κ3) is 7.97. The number of fused-ring (bicyclic) bond motifs is 5. The van der Waals surface area contributed by atoms with Crippen LogP contribution in [0.3, 0.4) is 0 Å². The second-order valence-electron chi connectivity index (χ2n) is 18.5. The summed E-state index contributed by atoms with van der Waals surface area (Å²) in [5.74, 6) is -4.39. The number of hydrogen-bond acceptors (Lipinski definition) is 10. The predicted molar refractivity (Wildman–Crippen MR) is 211 cm³/mol. The van der Waals surface area contributed by atoms with Crippen molar-refractivity contribution in [3.8, 4) is 0 Å². The zero-order chi connectivity index (χ0) is 41.9. The van der Waals surface area contributed by atoms with E-state index in [1.165, 1.54) is 6.92 Å². The molecule has 6 rings (SSSR count). The van der Waals surface area contributed by atoms with Gasteiger partial charge in [-0.05, 0) is 69.1 Å². The fourth-order valence-corrected chi connectivity index (χ4v) is 10.1. The number of ketones is 2. The molecular weight excluding hydrogens is 815 g/mol. The minimum Gasteiger partial charge on any atom is -0.455 e. The summed E-state index contributed by atoms with van der Waals surface area (Å²) in [6, 6.07) is 16.9. The van der Waals surface area contributed by atoms with Gasteiger partial charge in [0, 0.05) is 51.0 Å². The Hall–Kier alpha value is -3.38. The molecule has 0 aromatic heterocycles. The van der Waals surface area contributed by atoms with Crippen molar-refractivity contribution < 1.29 is 80.7 Å². The molecule has 1 heterocycles. The van der Waals surface area contributed by atoms with Gasteiger partial charge in [-0.2, -0.15) is 12.0 Å². The fraction of sp³-hybridized carbons (Fsp3) is 0.565. The minimum absolute atomic E-state index is 0. The molecule has 311 valence electrons. The number of aliphatic hydroxyl groups is 1. The Balaban J connectivity index is 0.00000641. The Bertz CT molecular complexity index is 1940. The van der Waals surface area contributed by atoms with Crippen LogP contribution in [0, 0.1) is 40.9 Å². The number of allylic oxidation sites excluding steroid dienone is 1. The number of ether oxygens (including phenoxy) is 4. The first kappa shape index (κ1) is 45.7. The number of amides is 1. The summed E-state index contributed by atoms with van der Waals surface area (Å²) < 4.78 is 24.4. The van der Waals surface area contributed by atoms with Gasteiger partial charge in [0.1, 0.15) is 29.2 Å². The molecule has 4 aliphatic rings. The molecule has 3 fully saturated rings. The molecule has 58 heavy (non-hydrogen) atoms. The average molecular weight is 874 g/mol. The SMILES string of the molecule is CC(=O)O[C@@]12CO[C@@H]1C[C@H](C)[C@@]1(C)C(=O)[CH-]C3=C(C)[C@@H](CC(=O)[C@H](C)[C@@H](NC(=O)OC(C)(C)C)c4ccccc4)C[C@@](O)([C@@H](OC(=O)c4ccccc4)[C@H]21)C3(C)C.[Y]. The Labute approximate surface area is 367 Å². The number of nitrogens with one attached hydrogen (secondary N) is 1. The topological polar surface area (TPSA) is 155 Å². The zero-order valence-electron chi connectivity index (χ0n) is 35.4. The van der Waals surface area contributed by atoms with E-state index in [0.29, 0.717) is 12.0 Å². The van der Waals surface area contributed by atoms with Gasteiger partial charge in [0.15, 0.2) is 5.60 Å². The largest absolute Gasteiger partial charge is 0.455 e. The molecule has 11 nitrogen and oxygen atoms in total. The summed E-state index contributed by atoms with van der Waals surface area (Å²) in [6.07, 6.45) is -0.690. The van der Waals surface area contributed by atoms with Crippen LogP contribution in [-0.4, -0.2) is 70.3 Å².